The summed E-state index contributed by atoms with van der Waals surface area (Å²) in [6.45, 7) is 6.25. The second-order valence-electron chi connectivity index (χ2n) is 4.16. The smallest absolute Gasteiger partial charge is 0.00892 e. The zero-order chi connectivity index (χ0) is 13.2. The first-order valence-electron chi connectivity index (χ1n) is 7.01. The number of benzene rings is 2. The normalized spacial score (nSPS) is 9.78. The molecular weight excluding hydrogens is 216 g/mol. The Morgan fingerprint density at radius 2 is 1.11 bits per heavy atom. The lowest BCUT2D eigenvalue weighted by atomic mass is 9.88. The van der Waals surface area contributed by atoms with E-state index in [9.17, 15) is 0 Å². The number of hydrogen-bond acceptors (Lipinski definition) is 0. The van der Waals surface area contributed by atoms with E-state index in [1.807, 2.05) is 13.8 Å². The van der Waals surface area contributed by atoms with Gasteiger partial charge in [-0.25, -0.2) is 0 Å². The molecule has 0 amide bonds. The maximum Gasteiger partial charge on any atom is 0.00892 e. The lowest BCUT2D eigenvalue weighted by molar-refractivity contribution is 0.698. The van der Waals surface area contributed by atoms with Gasteiger partial charge >= 0.3 is 0 Å². The SMILES string of the molecule is CC.CCCC(c1ccccc1)c1ccccc1. The molecule has 0 radical (unpaired) electrons. The molecule has 2 aromatic rings. The van der Waals surface area contributed by atoms with Crippen molar-refractivity contribution in [3.05, 3.63) is 71.8 Å². The van der Waals surface area contributed by atoms with Crippen LogP contribution < -0.4 is 0 Å². The van der Waals surface area contributed by atoms with Crippen LogP contribution in [0.2, 0.25) is 0 Å². The van der Waals surface area contributed by atoms with E-state index < -0.39 is 0 Å². The zero-order valence-corrected chi connectivity index (χ0v) is 11.8. The van der Waals surface area contributed by atoms with Crippen LogP contribution in [0, 0.1) is 0 Å². The van der Waals surface area contributed by atoms with Gasteiger partial charge in [0, 0.05) is 5.92 Å². The van der Waals surface area contributed by atoms with E-state index in [0.29, 0.717) is 5.92 Å². The van der Waals surface area contributed by atoms with Gasteiger partial charge in [-0.15, -0.1) is 0 Å². The van der Waals surface area contributed by atoms with Crippen LogP contribution in [0.1, 0.15) is 50.7 Å². The molecule has 0 spiro atoms. The second-order valence-corrected chi connectivity index (χ2v) is 4.16. The zero-order valence-electron chi connectivity index (χ0n) is 11.8. The van der Waals surface area contributed by atoms with Crippen molar-refractivity contribution in [3.63, 3.8) is 0 Å². The quantitative estimate of drug-likeness (QED) is 0.648. The van der Waals surface area contributed by atoms with Crippen LogP contribution in [-0.4, -0.2) is 0 Å². The first-order valence-corrected chi connectivity index (χ1v) is 7.01. The van der Waals surface area contributed by atoms with Crippen molar-refractivity contribution < 1.29 is 0 Å². The van der Waals surface area contributed by atoms with Gasteiger partial charge in [0.1, 0.15) is 0 Å². The van der Waals surface area contributed by atoms with Crippen molar-refractivity contribution in [1.29, 1.82) is 0 Å². The summed E-state index contributed by atoms with van der Waals surface area (Å²) < 4.78 is 0. The van der Waals surface area contributed by atoms with Gasteiger partial charge in [0.15, 0.2) is 0 Å². The molecule has 0 N–H and O–H groups in total. The van der Waals surface area contributed by atoms with Crippen molar-refractivity contribution in [3.8, 4) is 0 Å². The molecule has 0 atom stereocenters. The van der Waals surface area contributed by atoms with Gasteiger partial charge in [-0.3, -0.25) is 0 Å². The van der Waals surface area contributed by atoms with E-state index in [0.717, 1.165) is 0 Å². The molecule has 96 valence electrons. The van der Waals surface area contributed by atoms with Crippen LogP contribution in [-0.2, 0) is 0 Å². The minimum Gasteiger partial charge on any atom is -0.0683 e. The fourth-order valence-corrected chi connectivity index (χ4v) is 2.19. The minimum atomic E-state index is 0.549. The highest BCUT2D eigenvalue weighted by molar-refractivity contribution is 5.32. The van der Waals surface area contributed by atoms with E-state index in [-0.39, 0.29) is 0 Å². The third kappa shape index (κ3) is 4.03. The van der Waals surface area contributed by atoms with Crippen molar-refractivity contribution in [1.82, 2.24) is 0 Å². The monoisotopic (exact) mass is 240 g/mol. The van der Waals surface area contributed by atoms with Gasteiger partial charge in [0.05, 0.1) is 0 Å². The molecule has 0 heterocycles. The van der Waals surface area contributed by atoms with Crippen LogP contribution in [0.25, 0.3) is 0 Å². The van der Waals surface area contributed by atoms with Crippen molar-refractivity contribution in [2.45, 2.75) is 39.5 Å². The molecule has 0 unspecified atom stereocenters. The molecular formula is C18H24. The van der Waals surface area contributed by atoms with Crippen LogP contribution in [0.5, 0.6) is 0 Å². The molecule has 0 aliphatic carbocycles. The molecule has 0 aromatic heterocycles. The van der Waals surface area contributed by atoms with Crippen molar-refractivity contribution in [2.24, 2.45) is 0 Å². The Labute approximate surface area is 112 Å². The minimum absolute atomic E-state index is 0.549. The van der Waals surface area contributed by atoms with Gasteiger partial charge in [0.25, 0.3) is 0 Å². The maximum atomic E-state index is 2.25. The molecule has 0 bridgehead atoms. The summed E-state index contributed by atoms with van der Waals surface area (Å²) in [4.78, 5) is 0. The predicted octanol–water partition coefficient (Wildman–Crippen LogP) is 5.64. The Hall–Kier alpha value is -1.56. The largest absolute Gasteiger partial charge is 0.0683 e. The Morgan fingerprint density at radius 3 is 1.44 bits per heavy atom. The van der Waals surface area contributed by atoms with E-state index in [1.54, 1.807) is 0 Å². The van der Waals surface area contributed by atoms with Gasteiger partial charge in [0.2, 0.25) is 0 Å². The standard InChI is InChI=1S/C16H18.C2H6/c1-2-9-16(14-10-5-3-6-11-14)15-12-7-4-8-13-15;1-2/h3-8,10-13,16H,2,9H2,1H3;1-2H3. The molecule has 2 rings (SSSR count). The third-order valence-electron chi connectivity index (χ3n) is 2.98. The van der Waals surface area contributed by atoms with Crippen molar-refractivity contribution in [2.75, 3.05) is 0 Å². The van der Waals surface area contributed by atoms with Gasteiger partial charge < -0.3 is 0 Å². The molecule has 0 fully saturated rings. The second kappa shape index (κ2) is 8.52. The Morgan fingerprint density at radius 1 is 0.722 bits per heavy atom. The van der Waals surface area contributed by atoms with Crippen LogP contribution in [0.15, 0.2) is 60.7 Å². The summed E-state index contributed by atoms with van der Waals surface area (Å²) in [6.07, 6.45) is 2.43. The van der Waals surface area contributed by atoms with E-state index in [4.69, 9.17) is 0 Å². The first kappa shape index (κ1) is 14.5. The van der Waals surface area contributed by atoms with Crippen LogP contribution in [0.4, 0.5) is 0 Å². The summed E-state index contributed by atoms with van der Waals surface area (Å²) in [5.74, 6) is 0.549. The molecule has 0 aliphatic rings. The van der Waals surface area contributed by atoms with E-state index in [1.165, 1.54) is 24.0 Å². The highest BCUT2D eigenvalue weighted by Gasteiger charge is 2.11. The number of hydrogen-bond donors (Lipinski definition) is 0. The molecule has 18 heavy (non-hydrogen) atoms. The fourth-order valence-electron chi connectivity index (χ4n) is 2.19. The van der Waals surface area contributed by atoms with Crippen LogP contribution in [0.3, 0.4) is 0 Å². The summed E-state index contributed by atoms with van der Waals surface area (Å²) in [5, 5.41) is 0. The summed E-state index contributed by atoms with van der Waals surface area (Å²) >= 11 is 0. The van der Waals surface area contributed by atoms with Crippen LogP contribution >= 0.6 is 0 Å². The lowest BCUT2D eigenvalue weighted by Gasteiger charge is -2.17. The maximum absolute atomic E-state index is 2.25. The highest BCUT2D eigenvalue weighted by Crippen LogP contribution is 2.28. The molecule has 0 heteroatoms. The average molecular weight is 240 g/mol. The Balaban J connectivity index is 0.000000771. The molecule has 2 aromatic carbocycles. The van der Waals surface area contributed by atoms with E-state index in [2.05, 4.69) is 67.6 Å². The average Bonchev–Trinajstić information content (AvgIpc) is 2.49. The molecule has 0 nitrogen and oxygen atoms in total. The topological polar surface area (TPSA) is 0 Å². The fraction of sp³-hybridized carbons (Fsp3) is 0.333. The first-order chi connectivity index (χ1) is 8.92. The third-order valence-corrected chi connectivity index (χ3v) is 2.98. The van der Waals surface area contributed by atoms with Gasteiger partial charge in [-0.05, 0) is 17.5 Å². The molecule has 0 saturated heterocycles. The summed E-state index contributed by atoms with van der Waals surface area (Å²) in [6, 6.07) is 21.6. The Kier molecular flexibility index (Phi) is 6.86. The highest BCUT2D eigenvalue weighted by atomic mass is 14.2. The van der Waals surface area contributed by atoms with Gasteiger partial charge in [-0.1, -0.05) is 87.9 Å². The lowest BCUT2D eigenvalue weighted by Crippen LogP contribution is -2.00. The predicted molar refractivity (Wildman–Crippen MR) is 81.0 cm³/mol. The summed E-state index contributed by atoms with van der Waals surface area (Å²) in [7, 11) is 0. The molecule has 0 saturated carbocycles. The Bertz CT molecular complexity index is 363. The number of rotatable bonds is 4. The van der Waals surface area contributed by atoms with E-state index >= 15 is 0 Å². The summed E-state index contributed by atoms with van der Waals surface area (Å²) in [5.41, 5.74) is 2.85. The van der Waals surface area contributed by atoms with Crippen molar-refractivity contribution >= 4 is 0 Å². The van der Waals surface area contributed by atoms with Gasteiger partial charge in [-0.2, -0.15) is 0 Å². The molecule has 0 aliphatic heterocycles.